The number of fused-ring (bicyclic) bond motifs is 1. The van der Waals surface area contributed by atoms with Gasteiger partial charge in [-0.2, -0.15) is 0 Å². The summed E-state index contributed by atoms with van der Waals surface area (Å²) in [5.74, 6) is 0.583. The predicted molar refractivity (Wildman–Crippen MR) is 65.2 cm³/mol. The van der Waals surface area contributed by atoms with Crippen LogP contribution in [0.4, 0.5) is 0 Å². The standard InChI is InChI=1S/C14H17N/c1-4-11-7-12(10(2)3)8-13-9-15-6-5-14(11)13/h5-10H,4H2,1-3H3. The second-order valence-corrected chi connectivity index (χ2v) is 4.29. The van der Waals surface area contributed by atoms with Crippen molar-refractivity contribution in [2.75, 3.05) is 0 Å². The molecule has 0 aliphatic carbocycles. The number of pyridine rings is 1. The molecule has 15 heavy (non-hydrogen) atoms. The first-order valence-corrected chi connectivity index (χ1v) is 5.59. The number of aromatic nitrogens is 1. The summed E-state index contributed by atoms with van der Waals surface area (Å²) < 4.78 is 0. The van der Waals surface area contributed by atoms with E-state index < -0.39 is 0 Å². The fourth-order valence-electron chi connectivity index (χ4n) is 1.94. The molecule has 0 radical (unpaired) electrons. The van der Waals surface area contributed by atoms with E-state index in [0.717, 1.165) is 6.42 Å². The molecular weight excluding hydrogens is 182 g/mol. The van der Waals surface area contributed by atoms with Crippen molar-refractivity contribution in [2.45, 2.75) is 33.1 Å². The highest BCUT2D eigenvalue weighted by Crippen LogP contribution is 2.24. The largest absolute Gasteiger partial charge is 0.264 e. The van der Waals surface area contributed by atoms with Crippen LogP contribution < -0.4 is 0 Å². The van der Waals surface area contributed by atoms with E-state index in [0.29, 0.717) is 5.92 Å². The van der Waals surface area contributed by atoms with Crippen LogP contribution in [-0.2, 0) is 6.42 Å². The topological polar surface area (TPSA) is 12.9 Å². The van der Waals surface area contributed by atoms with Gasteiger partial charge in [-0.05, 0) is 41.0 Å². The average molecular weight is 199 g/mol. The molecule has 0 saturated heterocycles. The van der Waals surface area contributed by atoms with Crippen LogP contribution in [0.5, 0.6) is 0 Å². The lowest BCUT2D eigenvalue weighted by Crippen LogP contribution is -1.92. The van der Waals surface area contributed by atoms with Gasteiger partial charge < -0.3 is 0 Å². The molecule has 2 aromatic rings. The molecule has 0 fully saturated rings. The molecule has 0 atom stereocenters. The van der Waals surface area contributed by atoms with Gasteiger partial charge in [0.2, 0.25) is 0 Å². The number of nitrogens with zero attached hydrogens (tertiary/aromatic N) is 1. The molecule has 1 heterocycles. The zero-order valence-corrected chi connectivity index (χ0v) is 9.62. The number of hydrogen-bond acceptors (Lipinski definition) is 1. The molecule has 0 spiro atoms. The van der Waals surface area contributed by atoms with Crippen molar-refractivity contribution in [3.05, 3.63) is 41.7 Å². The summed E-state index contributed by atoms with van der Waals surface area (Å²) in [6, 6.07) is 6.69. The molecule has 0 N–H and O–H groups in total. The lowest BCUT2D eigenvalue weighted by Gasteiger charge is -2.10. The monoisotopic (exact) mass is 199 g/mol. The third-order valence-corrected chi connectivity index (χ3v) is 2.91. The van der Waals surface area contributed by atoms with Crippen molar-refractivity contribution in [2.24, 2.45) is 0 Å². The lowest BCUT2D eigenvalue weighted by molar-refractivity contribution is 0.865. The van der Waals surface area contributed by atoms with Gasteiger partial charge in [-0.25, -0.2) is 0 Å². The number of benzene rings is 1. The minimum atomic E-state index is 0.583. The van der Waals surface area contributed by atoms with Crippen molar-refractivity contribution in [1.29, 1.82) is 0 Å². The molecule has 0 aliphatic heterocycles. The molecule has 1 aromatic carbocycles. The first-order valence-electron chi connectivity index (χ1n) is 5.59. The maximum Gasteiger partial charge on any atom is 0.0346 e. The van der Waals surface area contributed by atoms with Crippen molar-refractivity contribution in [3.8, 4) is 0 Å². The molecule has 78 valence electrons. The molecule has 0 amide bonds. The Balaban J connectivity index is 2.71. The SMILES string of the molecule is CCc1cc(C(C)C)cc2cnccc12. The van der Waals surface area contributed by atoms with Crippen LogP contribution in [0.15, 0.2) is 30.6 Å². The fraction of sp³-hybridized carbons (Fsp3) is 0.357. The average Bonchev–Trinajstić information content (AvgIpc) is 2.27. The first-order chi connectivity index (χ1) is 7.22. The third-order valence-electron chi connectivity index (χ3n) is 2.91. The fourth-order valence-corrected chi connectivity index (χ4v) is 1.94. The van der Waals surface area contributed by atoms with E-state index in [-0.39, 0.29) is 0 Å². The molecule has 1 aromatic heterocycles. The van der Waals surface area contributed by atoms with Crippen LogP contribution in [0, 0.1) is 0 Å². The second-order valence-electron chi connectivity index (χ2n) is 4.29. The minimum Gasteiger partial charge on any atom is -0.264 e. The molecular formula is C14H17N. The highest BCUT2D eigenvalue weighted by molar-refractivity contribution is 5.85. The van der Waals surface area contributed by atoms with Crippen molar-refractivity contribution in [3.63, 3.8) is 0 Å². The van der Waals surface area contributed by atoms with E-state index in [1.54, 1.807) is 0 Å². The zero-order chi connectivity index (χ0) is 10.8. The Kier molecular flexibility index (Phi) is 2.72. The Labute approximate surface area is 91.2 Å². The van der Waals surface area contributed by atoms with Crippen LogP contribution >= 0.6 is 0 Å². The molecule has 1 nitrogen and oxygen atoms in total. The van der Waals surface area contributed by atoms with Gasteiger partial charge in [0, 0.05) is 17.8 Å². The number of hydrogen-bond donors (Lipinski definition) is 0. The van der Waals surface area contributed by atoms with Crippen LogP contribution in [-0.4, -0.2) is 4.98 Å². The molecule has 2 rings (SSSR count). The number of rotatable bonds is 2. The Hall–Kier alpha value is -1.37. The Morgan fingerprint density at radius 3 is 2.73 bits per heavy atom. The quantitative estimate of drug-likeness (QED) is 0.714. The summed E-state index contributed by atoms with van der Waals surface area (Å²) >= 11 is 0. The van der Waals surface area contributed by atoms with Gasteiger partial charge in [0.1, 0.15) is 0 Å². The smallest absolute Gasteiger partial charge is 0.0346 e. The van der Waals surface area contributed by atoms with E-state index in [1.165, 1.54) is 21.9 Å². The van der Waals surface area contributed by atoms with Gasteiger partial charge in [0.15, 0.2) is 0 Å². The van der Waals surface area contributed by atoms with Gasteiger partial charge in [0.05, 0.1) is 0 Å². The maximum atomic E-state index is 4.19. The molecule has 1 heteroatoms. The van der Waals surface area contributed by atoms with Gasteiger partial charge in [-0.15, -0.1) is 0 Å². The van der Waals surface area contributed by atoms with Crippen molar-refractivity contribution >= 4 is 10.8 Å². The van der Waals surface area contributed by atoms with Gasteiger partial charge in [0.25, 0.3) is 0 Å². The zero-order valence-electron chi connectivity index (χ0n) is 9.62. The third kappa shape index (κ3) is 1.87. The Morgan fingerprint density at radius 2 is 2.07 bits per heavy atom. The second kappa shape index (κ2) is 4.01. The molecule has 0 unspecified atom stereocenters. The highest BCUT2D eigenvalue weighted by atomic mass is 14.6. The maximum absolute atomic E-state index is 4.19. The highest BCUT2D eigenvalue weighted by Gasteiger charge is 2.05. The molecule has 0 bridgehead atoms. The minimum absolute atomic E-state index is 0.583. The summed E-state index contributed by atoms with van der Waals surface area (Å²) in [5.41, 5.74) is 2.84. The van der Waals surface area contributed by atoms with E-state index in [1.807, 2.05) is 12.4 Å². The summed E-state index contributed by atoms with van der Waals surface area (Å²) in [6.07, 6.45) is 4.91. The summed E-state index contributed by atoms with van der Waals surface area (Å²) in [5, 5.41) is 2.61. The van der Waals surface area contributed by atoms with E-state index in [4.69, 9.17) is 0 Å². The van der Waals surface area contributed by atoms with Crippen molar-refractivity contribution in [1.82, 2.24) is 4.98 Å². The first kappa shape index (κ1) is 10.2. The van der Waals surface area contributed by atoms with Crippen LogP contribution in [0.3, 0.4) is 0 Å². The van der Waals surface area contributed by atoms with Crippen LogP contribution in [0.2, 0.25) is 0 Å². The van der Waals surface area contributed by atoms with Gasteiger partial charge in [-0.3, -0.25) is 4.98 Å². The normalized spacial score (nSPS) is 11.2. The van der Waals surface area contributed by atoms with E-state index in [9.17, 15) is 0 Å². The molecule has 0 aliphatic rings. The Bertz CT molecular complexity index is 472. The summed E-state index contributed by atoms with van der Waals surface area (Å²) in [6.45, 7) is 6.67. The summed E-state index contributed by atoms with van der Waals surface area (Å²) in [4.78, 5) is 4.19. The molecule has 0 saturated carbocycles. The van der Waals surface area contributed by atoms with Gasteiger partial charge >= 0.3 is 0 Å². The lowest BCUT2D eigenvalue weighted by atomic mass is 9.95. The summed E-state index contributed by atoms with van der Waals surface area (Å²) in [7, 11) is 0. The van der Waals surface area contributed by atoms with E-state index in [2.05, 4.69) is 44.0 Å². The number of aryl methyl sites for hydroxylation is 1. The predicted octanol–water partition coefficient (Wildman–Crippen LogP) is 3.92. The van der Waals surface area contributed by atoms with Crippen LogP contribution in [0.25, 0.3) is 10.8 Å². The van der Waals surface area contributed by atoms with Crippen LogP contribution in [0.1, 0.15) is 37.8 Å². The van der Waals surface area contributed by atoms with E-state index >= 15 is 0 Å². The van der Waals surface area contributed by atoms with Crippen molar-refractivity contribution < 1.29 is 0 Å². The van der Waals surface area contributed by atoms with Gasteiger partial charge in [-0.1, -0.05) is 26.8 Å². The Morgan fingerprint density at radius 1 is 1.27 bits per heavy atom.